The van der Waals surface area contributed by atoms with Gasteiger partial charge in [0.25, 0.3) is 0 Å². The second-order valence-corrected chi connectivity index (χ2v) is 7.14. The van der Waals surface area contributed by atoms with Crippen LogP contribution in [0.1, 0.15) is 18.2 Å². The summed E-state index contributed by atoms with van der Waals surface area (Å²) in [5.41, 5.74) is 3.35. The Morgan fingerprint density at radius 2 is 1.91 bits per heavy atom. The van der Waals surface area contributed by atoms with Gasteiger partial charge in [0.05, 0.1) is 10.2 Å². The highest BCUT2D eigenvalue weighted by molar-refractivity contribution is 7.25. The third-order valence-electron chi connectivity index (χ3n) is 4.79. The van der Waals surface area contributed by atoms with E-state index in [0.29, 0.717) is 0 Å². The van der Waals surface area contributed by atoms with E-state index in [2.05, 4.69) is 46.6 Å². The molecule has 120 valence electrons. The van der Waals surface area contributed by atoms with E-state index < -0.39 is 0 Å². The van der Waals surface area contributed by atoms with E-state index in [1.54, 1.807) is 17.7 Å². The molecule has 3 aromatic heterocycles. The molecule has 0 spiro atoms. The van der Waals surface area contributed by atoms with E-state index in [4.69, 9.17) is 4.98 Å². The van der Waals surface area contributed by atoms with Crippen LogP contribution in [0.15, 0.2) is 12.4 Å². The molecule has 1 fully saturated rings. The minimum absolute atomic E-state index is 1.03. The van der Waals surface area contributed by atoms with Gasteiger partial charge >= 0.3 is 0 Å². The zero-order valence-electron chi connectivity index (χ0n) is 13.8. The van der Waals surface area contributed by atoms with Crippen LogP contribution in [0.4, 0.5) is 5.82 Å². The zero-order chi connectivity index (χ0) is 16.0. The van der Waals surface area contributed by atoms with Crippen molar-refractivity contribution in [3.8, 4) is 0 Å². The highest BCUT2D eigenvalue weighted by Gasteiger charge is 2.21. The molecule has 0 bridgehead atoms. The number of thiophene rings is 1. The van der Waals surface area contributed by atoms with Crippen molar-refractivity contribution >= 4 is 37.6 Å². The minimum atomic E-state index is 1.03. The molecule has 23 heavy (non-hydrogen) atoms. The average Bonchev–Trinajstić information content (AvgIpc) is 2.93. The molecule has 0 radical (unpaired) electrons. The average molecular weight is 327 g/mol. The second kappa shape index (κ2) is 5.69. The predicted molar refractivity (Wildman–Crippen MR) is 96.5 cm³/mol. The van der Waals surface area contributed by atoms with Crippen molar-refractivity contribution < 1.29 is 0 Å². The molecule has 1 saturated heterocycles. The van der Waals surface area contributed by atoms with Crippen LogP contribution in [-0.2, 0) is 0 Å². The first-order valence-corrected chi connectivity index (χ1v) is 8.97. The molecule has 0 N–H and O–H groups in total. The summed E-state index contributed by atoms with van der Waals surface area (Å²) in [4.78, 5) is 19.8. The number of fused-ring (bicyclic) bond motifs is 3. The first-order valence-electron chi connectivity index (χ1n) is 8.16. The van der Waals surface area contributed by atoms with E-state index in [1.807, 2.05) is 0 Å². The van der Waals surface area contributed by atoms with E-state index in [1.165, 1.54) is 10.3 Å². The first kappa shape index (κ1) is 14.8. The van der Waals surface area contributed by atoms with Gasteiger partial charge in [-0.05, 0) is 32.0 Å². The minimum Gasteiger partial charge on any atom is -0.353 e. The molecule has 1 aliphatic heterocycles. The molecule has 3 aromatic rings. The highest BCUT2D eigenvalue weighted by atomic mass is 32.1. The van der Waals surface area contributed by atoms with Gasteiger partial charge < -0.3 is 9.80 Å². The van der Waals surface area contributed by atoms with Crippen LogP contribution in [0, 0.1) is 13.8 Å². The van der Waals surface area contributed by atoms with E-state index in [-0.39, 0.29) is 0 Å². The number of nitrogens with zero attached hydrogens (tertiary/aromatic N) is 5. The molecule has 0 atom stereocenters. The van der Waals surface area contributed by atoms with Crippen molar-refractivity contribution in [3.63, 3.8) is 0 Å². The third kappa shape index (κ3) is 2.46. The number of rotatable bonds is 2. The van der Waals surface area contributed by atoms with Gasteiger partial charge in [-0.1, -0.05) is 6.92 Å². The molecule has 0 aromatic carbocycles. The first-order chi connectivity index (χ1) is 11.2. The third-order valence-corrected chi connectivity index (χ3v) is 5.87. The van der Waals surface area contributed by atoms with Crippen LogP contribution in [0.25, 0.3) is 20.4 Å². The van der Waals surface area contributed by atoms with Gasteiger partial charge in [-0.25, -0.2) is 15.0 Å². The quantitative estimate of drug-likeness (QED) is 0.724. The van der Waals surface area contributed by atoms with Crippen molar-refractivity contribution in [3.05, 3.63) is 23.7 Å². The normalized spacial score (nSPS) is 16.6. The maximum atomic E-state index is 4.75. The zero-order valence-corrected chi connectivity index (χ0v) is 14.7. The number of hydrogen-bond donors (Lipinski definition) is 0. The highest BCUT2D eigenvalue weighted by Crippen LogP contribution is 2.37. The van der Waals surface area contributed by atoms with Crippen LogP contribution >= 0.6 is 11.3 Å². The van der Waals surface area contributed by atoms with Gasteiger partial charge in [-0.3, -0.25) is 0 Å². The van der Waals surface area contributed by atoms with Crippen molar-refractivity contribution in [2.75, 3.05) is 37.6 Å². The molecule has 0 unspecified atom stereocenters. The van der Waals surface area contributed by atoms with Crippen molar-refractivity contribution in [2.45, 2.75) is 20.8 Å². The molecule has 4 rings (SSSR count). The van der Waals surface area contributed by atoms with Gasteiger partial charge in [0, 0.05) is 37.3 Å². The summed E-state index contributed by atoms with van der Waals surface area (Å²) in [6, 6.07) is 2.21. The lowest BCUT2D eigenvalue weighted by atomic mass is 10.2. The smallest absolute Gasteiger partial charge is 0.150 e. The molecular formula is C17H21N5S. The van der Waals surface area contributed by atoms with Gasteiger partial charge in [-0.15, -0.1) is 11.3 Å². The van der Waals surface area contributed by atoms with Crippen LogP contribution in [0.3, 0.4) is 0 Å². The maximum absolute atomic E-state index is 4.75. The summed E-state index contributed by atoms with van der Waals surface area (Å²) in [5, 5.41) is 1.16. The van der Waals surface area contributed by atoms with Gasteiger partial charge in [-0.2, -0.15) is 0 Å². The standard InChI is InChI=1S/C17H21N5S/c1-4-21-5-7-22(8-6-21)16-15-14(18-10-19-16)13-9-11(2)12(3)20-17(13)23-15/h9-10H,4-8H2,1-3H3. The molecule has 1 aliphatic rings. The fraction of sp³-hybridized carbons (Fsp3) is 0.471. The maximum Gasteiger partial charge on any atom is 0.150 e. The summed E-state index contributed by atoms with van der Waals surface area (Å²) in [6.07, 6.45) is 1.70. The van der Waals surface area contributed by atoms with Gasteiger partial charge in [0.15, 0.2) is 0 Å². The largest absolute Gasteiger partial charge is 0.353 e. The Labute approximate surface area is 140 Å². The lowest BCUT2D eigenvalue weighted by Crippen LogP contribution is -2.46. The van der Waals surface area contributed by atoms with Crippen LogP contribution in [0.5, 0.6) is 0 Å². The van der Waals surface area contributed by atoms with Crippen molar-refractivity contribution in [1.29, 1.82) is 0 Å². The molecule has 4 heterocycles. The Hall–Kier alpha value is -1.79. The molecule has 0 amide bonds. The van der Waals surface area contributed by atoms with E-state index >= 15 is 0 Å². The summed E-state index contributed by atoms with van der Waals surface area (Å²) in [7, 11) is 0. The Morgan fingerprint density at radius 3 is 2.65 bits per heavy atom. The Morgan fingerprint density at radius 1 is 1.13 bits per heavy atom. The Bertz CT molecular complexity index is 864. The monoisotopic (exact) mass is 327 g/mol. The van der Waals surface area contributed by atoms with Crippen molar-refractivity contribution in [1.82, 2.24) is 19.9 Å². The van der Waals surface area contributed by atoms with Crippen molar-refractivity contribution in [2.24, 2.45) is 0 Å². The number of likely N-dealkylation sites (N-methyl/N-ethyl adjacent to an activating group) is 1. The summed E-state index contributed by atoms with van der Waals surface area (Å²) in [6.45, 7) is 11.8. The topological polar surface area (TPSA) is 45.2 Å². The number of pyridine rings is 1. The van der Waals surface area contributed by atoms with Crippen LogP contribution in [0.2, 0.25) is 0 Å². The lowest BCUT2D eigenvalue weighted by Gasteiger charge is -2.34. The fourth-order valence-corrected chi connectivity index (χ4v) is 4.35. The molecule has 0 aliphatic carbocycles. The summed E-state index contributed by atoms with van der Waals surface area (Å²) in [5.74, 6) is 1.07. The van der Waals surface area contributed by atoms with E-state index in [0.717, 1.165) is 60.0 Å². The molecule has 0 saturated carbocycles. The van der Waals surface area contributed by atoms with Gasteiger partial charge in [0.1, 0.15) is 17.0 Å². The predicted octanol–water partition coefficient (Wildman–Crippen LogP) is 3.00. The number of hydrogen-bond acceptors (Lipinski definition) is 6. The Kier molecular flexibility index (Phi) is 3.66. The summed E-state index contributed by atoms with van der Waals surface area (Å²) < 4.78 is 1.17. The van der Waals surface area contributed by atoms with E-state index in [9.17, 15) is 0 Å². The second-order valence-electron chi connectivity index (χ2n) is 6.14. The Balaban J connectivity index is 1.82. The molecular weight excluding hydrogens is 306 g/mol. The van der Waals surface area contributed by atoms with Crippen LogP contribution in [-0.4, -0.2) is 52.6 Å². The summed E-state index contributed by atoms with van der Waals surface area (Å²) >= 11 is 1.72. The number of aryl methyl sites for hydroxylation is 2. The lowest BCUT2D eigenvalue weighted by molar-refractivity contribution is 0.271. The van der Waals surface area contributed by atoms with Crippen LogP contribution < -0.4 is 4.90 Å². The number of piperazine rings is 1. The number of aromatic nitrogens is 3. The fourth-order valence-electron chi connectivity index (χ4n) is 3.18. The van der Waals surface area contributed by atoms with Gasteiger partial charge in [0.2, 0.25) is 0 Å². The number of anilines is 1. The SMILES string of the molecule is CCN1CCN(c2ncnc3c2sc2nc(C)c(C)cc23)CC1. The molecule has 6 heteroatoms. The molecule has 5 nitrogen and oxygen atoms in total.